The second-order valence-electron chi connectivity index (χ2n) is 7.33. The van der Waals surface area contributed by atoms with Gasteiger partial charge in [0, 0.05) is 24.7 Å². The molecule has 1 aromatic heterocycles. The minimum absolute atomic E-state index is 0.0548. The van der Waals surface area contributed by atoms with Crippen LogP contribution in [0.15, 0.2) is 54.7 Å². The zero-order valence-electron chi connectivity index (χ0n) is 16.7. The number of H-pyrrole nitrogens is 1. The van der Waals surface area contributed by atoms with Crippen molar-refractivity contribution in [3.8, 4) is 11.1 Å². The number of carbonyl (C=O) groups is 1. The normalized spacial score (nSPS) is 11.6. The summed E-state index contributed by atoms with van der Waals surface area (Å²) in [6, 6.07) is 15.8. The van der Waals surface area contributed by atoms with Gasteiger partial charge in [-0.1, -0.05) is 43.2 Å². The number of unbranched alkanes of at least 4 members (excludes halogenated alkanes) is 3. The molecule has 1 amide bonds. The Labute approximate surface area is 176 Å². The van der Waals surface area contributed by atoms with E-state index in [0.717, 1.165) is 40.4 Å². The molecule has 8 heteroatoms. The topological polar surface area (TPSA) is 111 Å². The van der Waals surface area contributed by atoms with Gasteiger partial charge in [-0.25, -0.2) is 18.6 Å². The van der Waals surface area contributed by atoms with Gasteiger partial charge in [0.25, 0.3) is 0 Å². The minimum atomic E-state index is -3.39. The fraction of sp³-hybridized carbons (Fsp3) is 0.318. The fourth-order valence-electron chi connectivity index (χ4n) is 3.34. The molecule has 0 saturated carbocycles. The molecule has 0 aliphatic carbocycles. The zero-order valence-corrected chi connectivity index (χ0v) is 17.5. The summed E-state index contributed by atoms with van der Waals surface area (Å²) in [6.45, 7) is 0.378. The van der Waals surface area contributed by atoms with E-state index in [1.807, 2.05) is 48.7 Å². The van der Waals surface area contributed by atoms with E-state index >= 15 is 0 Å². The summed E-state index contributed by atoms with van der Waals surface area (Å²) in [7, 11) is -3.39. The molecule has 0 aliphatic heterocycles. The number of carbonyl (C=O) groups excluding carboxylic acids is 1. The third-order valence-electron chi connectivity index (χ3n) is 4.97. The van der Waals surface area contributed by atoms with Gasteiger partial charge in [-0.2, -0.15) is 0 Å². The number of nitrogens with one attached hydrogen (secondary N) is 3. The van der Waals surface area contributed by atoms with Crippen LogP contribution in [0.3, 0.4) is 0 Å². The van der Waals surface area contributed by atoms with Crippen molar-refractivity contribution in [3.63, 3.8) is 0 Å². The second kappa shape index (κ2) is 10.4. The maximum Gasteiger partial charge on any atom is 0.243 e. The molecule has 0 aliphatic rings. The molecule has 30 heavy (non-hydrogen) atoms. The van der Waals surface area contributed by atoms with Crippen molar-refractivity contribution < 1.29 is 18.4 Å². The molecule has 1 heterocycles. The monoisotopic (exact) mass is 429 g/mol. The van der Waals surface area contributed by atoms with E-state index in [2.05, 4.69) is 15.8 Å². The molecule has 3 aromatic rings. The average Bonchev–Trinajstić information content (AvgIpc) is 3.21. The lowest BCUT2D eigenvalue weighted by molar-refractivity contribution is -0.129. The SMILES string of the molecule is O=C(CCCCCCNS(=O)(=O)Cc1ccc(-c2ccc3[nH]ccc3c2)cc1)NO. The van der Waals surface area contributed by atoms with E-state index in [-0.39, 0.29) is 12.2 Å². The first-order valence-electron chi connectivity index (χ1n) is 10.0. The first-order chi connectivity index (χ1) is 14.5. The standard InChI is InChI=1S/C22H27N3O4S/c26-22(25-27)5-3-1-2-4-13-24-30(28,29)16-17-6-8-18(9-7-17)19-10-11-21-20(15-19)12-14-23-21/h6-12,14-15,23-24,27H,1-5,13,16H2,(H,25,26). The van der Waals surface area contributed by atoms with Gasteiger partial charge < -0.3 is 4.98 Å². The van der Waals surface area contributed by atoms with Crippen LogP contribution in [0.4, 0.5) is 0 Å². The first-order valence-corrected chi connectivity index (χ1v) is 11.7. The lowest BCUT2D eigenvalue weighted by atomic mass is 10.0. The molecule has 0 saturated heterocycles. The van der Waals surface area contributed by atoms with E-state index in [4.69, 9.17) is 5.21 Å². The molecular weight excluding hydrogens is 402 g/mol. The van der Waals surface area contributed by atoms with Gasteiger partial charge in [-0.3, -0.25) is 10.0 Å². The highest BCUT2D eigenvalue weighted by molar-refractivity contribution is 7.88. The molecule has 0 bridgehead atoms. The van der Waals surface area contributed by atoms with E-state index in [1.54, 1.807) is 5.48 Å². The molecule has 0 unspecified atom stereocenters. The molecule has 2 aromatic carbocycles. The Hall–Kier alpha value is -2.68. The van der Waals surface area contributed by atoms with Crippen LogP contribution >= 0.6 is 0 Å². The third kappa shape index (κ3) is 6.41. The summed E-state index contributed by atoms with van der Waals surface area (Å²) in [5.74, 6) is -0.451. The number of benzene rings is 2. The maximum atomic E-state index is 12.3. The third-order valence-corrected chi connectivity index (χ3v) is 6.33. The summed E-state index contributed by atoms with van der Waals surface area (Å²) in [4.78, 5) is 14.1. The number of aromatic nitrogens is 1. The van der Waals surface area contributed by atoms with E-state index in [1.165, 1.54) is 0 Å². The highest BCUT2D eigenvalue weighted by Gasteiger charge is 2.11. The number of aromatic amines is 1. The Balaban J connectivity index is 1.45. The van der Waals surface area contributed by atoms with Gasteiger partial charge >= 0.3 is 0 Å². The summed E-state index contributed by atoms with van der Waals surface area (Å²) in [5, 5.41) is 9.55. The highest BCUT2D eigenvalue weighted by Crippen LogP contribution is 2.24. The summed E-state index contributed by atoms with van der Waals surface area (Å²) < 4.78 is 27.2. The largest absolute Gasteiger partial charge is 0.361 e. The van der Waals surface area contributed by atoms with Crippen LogP contribution < -0.4 is 10.2 Å². The summed E-state index contributed by atoms with van der Waals surface area (Å²) in [6.07, 6.45) is 5.19. The molecule has 0 fully saturated rings. The van der Waals surface area contributed by atoms with Gasteiger partial charge in [0.1, 0.15) is 0 Å². The van der Waals surface area contributed by atoms with Crippen LogP contribution in [0.25, 0.3) is 22.0 Å². The lowest BCUT2D eigenvalue weighted by Crippen LogP contribution is -2.26. The maximum absolute atomic E-state index is 12.3. The van der Waals surface area contributed by atoms with Crippen LogP contribution in [-0.2, 0) is 20.6 Å². The van der Waals surface area contributed by atoms with Crippen LogP contribution in [0, 0.1) is 0 Å². The molecule has 160 valence electrons. The van der Waals surface area contributed by atoms with Crippen molar-refractivity contribution >= 4 is 26.8 Å². The summed E-state index contributed by atoms with van der Waals surface area (Å²) >= 11 is 0. The van der Waals surface area contributed by atoms with Crippen LogP contribution in [0.5, 0.6) is 0 Å². The van der Waals surface area contributed by atoms with Gasteiger partial charge in [0.2, 0.25) is 15.9 Å². The number of sulfonamides is 1. The molecule has 0 spiro atoms. The van der Waals surface area contributed by atoms with Gasteiger partial charge in [0.15, 0.2) is 0 Å². The second-order valence-corrected chi connectivity index (χ2v) is 9.14. The minimum Gasteiger partial charge on any atom is -0.361 e. The average molecular weight is 430 g/mol. The molecule has 7 nitrogen and oxygen atoms in total. The lowest BCUT2D eigenvalue weighted by Gasteiger charge is -2.08. The Morgan fingerprint density at radius 1 is 0.933 bits per heavy atom. The number of hydroxylamine groups is 1. The highest BCUT2D eigenvalue weighted by atomic mass is 32.2. The van der Waals surface area contributed by atoms with E-state index < -0.39 is 15.9 Å². The quantitative estimate of drug-likeness (QED) is 0.211. The predicted molar refractivity (Wildman–Crippen MR) is 117 cm³/mol. The first kappa shape index (κ1) is 22.0. The van der Waals surface area contributed by atoms with Crippen molar-refractivity contribution in [2.45, 2.75) is 37.9 Å². The predicted octanol–water partition coefficient (Wildman–Crippen LogP) is 3.71. The number of hydrogen-bond donors (Lipinski definition) is 4. The van der Waals surface area contributed by atoms with Crippen molar-refractivity contribution in [1.29, 1.82) is 0 Å². The van der Waals surface area contributed by atoms with Crippen molar-refractivity contribution in [1.82, 2.24) is 15.2 Å². The number of rotatable bonds is 11. The van der Waals surface area contributed by atoms with Crippen molar-refractivity contribution in [2.75, 3.05) is 6.54 Å². The summed E-state index contributed by atoms with van der Waals surface area (Å²) in [5.41, 5.74) is 5.56. The Kier molecular flexibility index (Phi) is 7.62. The number of fused-ring (bicyclic) bond motifs is 1. The molecule has 0 atom stereocenters. The van der Waals surface area contributed by atoms with Crippen molar-refractivity contribution in [2.24, 2.45) is 0 Å². The number of amides is 1. The van der Waals surface area contributed by atoms with Gasteiger partial charge in [0.05, 0.1) is 5.75 Å². The van der Waals surface area contributed by atoms with E-state index in [0.29, 0.717) is 19.4 Å². The molecular formula is C22H27N3O4S. The smallest absolute Gasteiger partial charge is 0.243 e. The van der Waals surface area contributed by atoms with Crippen LogP contribution in [-0.4, -0.2) is 31.1 Å². The number of hydrogen-bond acceptors (Lipinski definition) is 4. The van der Waals surface area contributed by atoms with Gasteiger partial charge in [-0.05, 0) is 53.1 Å². The molecule has 0 radical (unpaired) electrons. The zero-order chi connectivity index (χ0) is 21.4. The van der Waals surface area contributed by atoms with Crippen molar-refractivity contribution in [3.05, 3.63) is 60.3 Å². The molecule has 4 N–H and O–H groups in total. The Morgan fingerprint density at radius 2 is 1.67 bits per heavy atom. The fourth-order valence-corrected chi connectivity index (χ4v) is 4.53. The van der Waals surface area contributed by atoms with E-state index in [9.17, 15) is 13.2 Å². The Morgan fingerprint density at radius 3 is 2.43 bits per heavy atom. The Bertz CT molecular complexity index is 1080. The van der Waals surface area contributed by atoms with Gasteiger partial charge in [-0.15, -0.1) is 0 Å². The van der Waals surface area contributed by atoms with Crippen LogP contribution in [0.1, 0.15) is 37.7 Å². The molecule has 3 rings (SSSR count). The van der Waals surface area contributed by atoms with Crippen LogP contribution in [0.2, 0.25) is 0 Å².